The lowest BCUT2D eigenvalue weighted by molar-refractivity contribution is -0.0511. The third-order valence-corrected chi connectivity index (χ3v) is 2.51. The minimum Gasteiger partial charge on any atom is -0.493 e. The normalized spacial score (nSPS) is 11.7. The van der Waals surface area contributed by atoms with Gasteiger partial charge >= 0.3 is 12.7 Å². The summed E-state index contributed by atoms with van der Waals surface area (Å²) in [6, 6.07) is 2.71. The summed E-state index contributed by atoms with van der Waals surface area (Å²) in [5, 5.41) is 3.60. The molecule has 23 heavy (non-hydrogen) atoms. The van der Waals surface area contributed by atoms with Crippen LogP contribution in [-0.4, -0.2) is 31.6 Å². The SMILES string of the molecule is COc1cc(/C=N\NC(=O)OC(C)(C)C)cc(Cl)c1OC(F)F. The van der Waals surface area contributed by atoms with Crippen LogP contribution in [0.3, 0.4) is 0 Å². The first-order chi connectivity index (χ1) is 10.6. The molecule has 0 aromatic heterocycles. The van der Waals surface area contributed by atoms with Crippen molar-refractivity contribution >= 4 is 23.9 Å². The predicted octanol–water partition coefficient (Wildman–Crippen LogP) is 3.81. The molecule has 1 aromatic carbocycles. The Bertz CT molecular complexity index is 589. The fourth-order valence-electron chi connectivity index (χ4n) is 1.48. The molecule has 9 heteroatoms. The molecule has 0 aliphatic rings. The van der Waals surface area contributed by atoms with Crippen LogP contribution in [0.25, 0.3) is 0 Å². The van der Waals surface area contributed by atoms with Gasteiger partial charge in [0.1, 0.15) is 5.60 Å². The van der Waals surface area contributed by atoms with Gasteiger partial charge in [0.2, 0.25) is 0 Å². The highest BCUT2D eigenvalue weighted by Crippen LogP contribution is 2.37. The Kier molecular flexibility index (Phi) is 6.56. The van der Waals surface area contributed by atoms with Crippen LogP contribution in [0.15, 0.2) is 17.2 Å². The molecule has 1 rings (SSSR count). The van der Waals surface area contributed by atoms with Gasteiger partial charge in [-0.05, 0) is 38.5 Å². The first kappa shape index (κ1) is 19.0. The first-order valence-electron chi connectivity index (χ1n) is 6.47. The maximum atomic E-state index is 12.3. The summed E-state index contributed by atoms with van der Waals surface area (Å²) < 4.78 is 38.9. The van der Waals surface area contributed by atoms with Gasteiger partial charge in [0.25, 0.3) is 0 Å². The number of nitrogens with zero attached hydrogens (tertiary/aromatic N) is 1. The quantitative estimate of drug-likeness (QED) is 0.647. The molecule has 1 aromatic rings. The Labute approximate surface area is 137 Å². The monoisotopic (exact) mass is 350 g/mol. The summed E-state index contributed by atoms with van der Waals surface area (Å²) in [5.74, 6) is -0.266. The molecule has 1 N–H and O–H groups in total. The molecule has 0 saturated heterocycles. The molecule has 0 aliphatic carbocycles. The van der Waals surface area contributed by atoms with E-state index in [1.54, 1.807) is 20.8 Å². The fourth-order valence-corrected chi connectivity index (χ4v) is 1.74. The van der Waals surface area contributed by atoms with Crippen LogP contribution >= 0.6 is 11.6 Å². The van der Waals surface area contributed by atoms with Gasteiger partial charge in [-0.1, -0.05) is 11.6 Å². The molecule has 0 unspecified atom stereocenters. The summed E-state index contributed by atoms with van der Waals surface area (Å²) in [6.07, 6.45) is 0.522. The number of hydrogen-bond donors (Lipinski definition) is 1. The van der Waals surface area contributed by atoms with E-state index < -0.39 is 18.3 Å². The number of carbonyl (C=O) groups excluding carboxylic acids is 1. The highest BCUT2D eigenvalue weighted by Gasteiger charge is 2.17. The zero-order chi connectivity index (χ0) is 17.6. The first-order valence-corrected chi connectivity index (χ1v) is 6.84. The van der Waals surface area contributed by atoms with E-state index in [0.29, 0.717) is 5.56 Å². The lowest BCUT2D eigenvalue weighted by atomic mass is 10.2. The zero-order valence-electron chi connectivity index (χ0n) is 13.0. The predicted molar refractivity (Wildman–Crippen MR) is 81.6 cm³/mol. The number of benzene rings is 1. The number of hydrazone groups is 1. The maximum Gasteiger partial charge on any atom is 0.428 e. The van der Waals surface area contributed by atoms with Gasteiger partial charge < -0.3 is 14.2 Å². The molecule has 0 spiro atoms. The molecule has 0 radical (unpaired) electrons. The second-order valence-electron chi connectivity index (χ2n) is 5.28. The number of nitrogens with one attached hydrogen (secondary N) is 1. The minimum absolute atomic E-state index is 0.0107. The standard InChI is InChI=1S/C14H17ClF2N2O4/c1-14(2,3)23-13(20)19-18-7-8-5-9(15)11(22-12(16)17)10(6-8)21-4/h5-7,12H,1-4H3,(H,19,20)/b18-7-. The Morgan fingerprint density at radius 2 is 2.04 bits per heavy atom. The molecule has 0 saturated carbocycles. The molecule has 1 amide bonds. The van der Waals surface area contributed by atoms with E-state index in [0.717, 1.165) is 0 Å². The number of alkyl halides is 2. The molecular weight excluding hydrogens is 334 g/mol. The molecule has 0 heterocycles. The molecule has 0 aliphatic heterocycles. The Morgan fingerprint density at radius 1 is 1.39 bits per heavy atom. The summed E-state index contributed by atoms with van der Waals surface area (Å²) in [5.41, 5.74) is 1.92. The van der Waals surface area contributed by atoms with Crippen LogP contribution in [0.2, 0.25) is 5.02 Å². The van der Waals surface area contributed by atoms with E-state index in [9.17, 15) is 13.6 Å². The van der Waals surface area contributed by atoms with Gasteiger partial charge in [-0.3, -0.25) is 0 Å². The number of hydrogen-bond acceptors (Lipinski definition) is 5. The van der Waals surface area contributed by atoms with Crippen molar-refractivity contribution < 1.29 is 27.8 Å². The van der Waals surface area contributed by atoms with Crippen LogP contribution in [0.1, 0.15) is 26.3 Å². The number of methoxy groups -OCH3 is 1. The molecule has 0 atom stereocenters. The molecule has 0 fully saturated rings. The van der Waals surface area contributed by atoms with Gasteiger partial charge in [-0.2, -0.15) is 13.9 Å². The van der Waals surface area contributed by atoms with Gasteiger partial charge in [0, 0.05) is 0 Å². The van der Waals surface area contributed by atoms with Crippen LogP contribution in [-0.2, 0) is 4.74 Å². The maximum absolute atomic E-state index is 12.3. The van der Waals surface area contributed by atoms with Crippen LogP contribution in [0, 0.1) is 0 Å². The van der Waals surface area contributed by atoms with Crippen LogP contribution in [0.4, 0.5) is 13.6 Å². The van der Waals surface area contributed by atoms with Crippen molar-refractivity contribution in [3.05, 3.63) is 22.7 Å². The second kappa shape index (κ2) is 7.96. The Morgan fingerprint density at radius 3 is 2.57 bits per heavy atom. The summed E-state index contributed by atoms with van der Waals surface area (Å²) >= 11 is 5.87. The van der Waals surface area contributed by atoms with Gasteiger partial charge in [-0.25, -0.2) is 10.2 Å². The number of ether oxygens (including phenoxy) is 3. The Hall–Kier alpha value is -2.09. The van der Waals surface area contributed by atoms with E-state index in [1.165, 1.54) is 25.5 Å². The van der Waals surface area contributed by atoms with Crippen molar-refractivity contribution in [2.45, 2.75) is 33.0 Å². The van der Waals surface area contributed by atoms with E-state index in [-0.39, 0.29) is 16.5 Å². The number of carbonyl (C=O) groups is 1. The van der Waals surface area contributed by atoms with Crippen LogP contribution < -0.4 is 14.9 Å². The fraction of sp³-hybridized carbons (Fsp3) is 0.429. The third kappa shape index (κ3) is 6.68. The summed E-state index contributed by atoms with van der Waals surface area (Å²) in [6.45, 7) is 2.10. The average molecular weight is 351 g/mol. The van der Waals surface area contributed by atoms with Gasteiger partial charge in [-0.15, -0.1) is 0 Å². The van der Waals surface area contributed by atoms with E-state index in [4.69, 9.17) is 21.1 Å². The highest BCUT2D eigenvalue weighted by molar-refractivity contribution is 6.32. The molecule has 6 nitrogen and oxygen atoms in total. The largest absolute Gasteiger partial charge is 0.493 e. The van der Waals surface area contributed by atoms with E-state index in [2.05, 4.69) is 15.3 Å². The average Bonchev–Trinajstić information content (AvgIpc) is 2.38. The minimum atomic E-state index is -3.03. The Balaban J connectivity index is 2.83. The smallest absolute Gasteiger partial charge is 0.428 e. The second-order valence-corrected chi connectivity index (χ2v) is 5.69. The highest BCUT2D eigenvalue weighted by atomic mass is 35.5. The lowest BCUT2D eigenvalue weighted by Gasteiger charge is -2.18. The van der Waals surface area contributed by atoms with E-state index >= 15 is 0 Å². The van der Waals surface area contributed by atoms with Crippen molar-refractivity contribution in [2.75, 3.05) is 7.11 Å². The third-order valence-electron chi connectivity index (χ3n) is 2.23. The number of rotatable bonds is 5. The van der Waals surface area contributed by atoms with E-state index in [1.807, 2.05) is 0 Å². The molecule has 128 valence electrons. The number of amides is 1. The van der Waals surface area contributed by atoms with Crippen molar-refractivity contribution in [3.8, 4) is 11.5 Å². The van der Waals surface area contributed by atoms with Crippen LogP contribution in [0.5, 0.6) is 11.5 Å². The summed E-state index contributed by atoms with van der Waals surface area (Å²) in [7, 11) is 1.28. The summed E-state index contributed by atoms with van der Waals surface area (Å²) in [4.78, 5) is 11.4. The lowest BCUT2D eigenvalue weighted by Crippen LogP contribution is -2.29. The van der Waals surface area contributed by atoms with Crippen molar-refractivity contribution in [1.82, 2.24) is 5.43 Å². The van der Waals surface area contributed by atoms with Crippen molar-refractivity contribution in [3.63, 3.8) is 0 Å². The van der Waals surface area contributed by atoms with Gasteiger partial charge in [0.05, 0.1) is 18.3 Å². The zero-order valence-corrected chi connectivity index (χ0v) is 13.8. The number of halogens is 3. The topological polar surface area (TPSA) is 69.2 Å². The molecular formula is C14H17ClF2N2O4. The molecule has 0 bridgehead atoms. The van der Waals surface area contributed by atoms with Crippen molar-refractivity contribution in [1.29, 1.82) is 0 Å². The van der Waals surface area contributed by atoms with Gasteiger partial charge in [0.15, 0.2) is 11.5 Å². The van der Waals surface area contributed by atoms with Crippen molar-refractivity contribution in [2.24, 2.45) is 5.10 Å².